The van der Waals surface area contributed by atoms with Gasteiger partial charge in [-0.25, -0.2) is 0 Å². The molecular weight excluding hydrogens is 258 g/mol. The summed E-state index contributed by atoms with van der Waals surface area (Å²) in [6.45, 7) is 2.03. The Hall–Kier alpha value is -2.14. The lowest BCUT2D eigenvalue weighted by molar-refractivity contribution is 0.416. The number of nitrogens with one attached hydrogen (secondary N) is 1. The van der Waals surface area contributed by atoms with E-state index >= 15 is 0 Å². The third-order valence-electron chi connectivity index (χ3n) is 2.65. The number of aromatic nitrogens is 1. The standard InChI is InChI=1S/C14H15N3OS/c1-9-3-6-13(18-2)12(7-9)17-10-4-5-11(14(15)19)16-8-10/h3-8,17H,1-2H3,(H2,15,19). The topological polar surface area (TPSA) is 60.2 Å². The molecule has 0 unspecified atom stereocenters. The van der Waals surface area contributed by atoms with Gasteiger partial charge in [0.15, 0.2) is 0 Å². The highest BCUT2D eigenvalue weighted by atomic mass is 32.1. The molecule has 0 bridgehead atoms. The molecule has 0 saturated carbocycles. The van der Waals surface area contributed by atoms with Crippen LogP contribution in [0.25, 0.3) is 0 Å². The fraction of sp³-hybridized carbons (Fsp3) is 0.143. The van der Waals surface area contributed by atoms with Crippen molar-refractivity contribution in [3.63, 3.8) is 0 Å². The van der Waals surface area contributed by atoms with E-state index in [-0.39, 0.29) is 0 Å². The molecule has 0 aliphatic carbocycles. The van der Waals surface area contributed by atoms with E-state index in [4.69, 9.17) is 22.7 Å². The van der Waals surface area contributed by atoms with Gasteiger partial charge in [-0.2, -0.15) is 0 Å². The Bertz CT molecular complexity index is 596. The molecule has 1 heterocycles. The summed E-state index contributed by atoms with van der Waals surface area (Å²) in [6.07, 6.45) is 1.69. The fourth-order valence-electron chi connectivity index (χ4n) is 1.69. The van der Waals surface area contributed by atoms with Gasteiger partial charge in [0.1, 0.15) is 10.7 Å². The predicted octanol–water partition coefficient (Wildman–Crippen LogP) is 2.78. The second kappa shape index (κ2) is 5.67. The van der Waals surface area contributed by atoms with Crippen LogP contribution in [0.1, 0.15) is 11.3 Å². The molecule has 1 aromatic carbocycles. The summed E-state index contributed by atoms with van der Waals surface area (Å²) in [6, 6.07) is 9.60. The summed E-state index contributed by atoms with van der Waals surface area (Å²) in [5.41, 5.74) is 9.01. The van der Waals surface area contributed by atoms with Gasteiger partial charge in [-0.05, 0) is 36.8 Å². The van der Waals surface area contributed by atoms with E-state index in [9.17, 15) is 0 Å². The maximum absolute atomic E-state index is 5.51. The highest BCUT2D eigenvalue weighted by Crippen LogP contribution is 2.28. The van der Waals surface area contributed by atoms with Gasteiger partial charge in [0.25, 0.3) is 0 Å². The SMILES string of the molecule is COc1ccc(C)cc1Nc1ccc(C(N)=S)nc1. The van der Waals surface area contributed by atoms with Gasteiger partial charge in [-0.1, -0.05) is 18.3 Å². The Balaban J connectivity index is 2.25. The summed E-state index contributed by atoms with van der Waals surface area (Å²) in [5, 5.41) is 3.26. The van der Waals surface area contributed by atoms with Gasteiger partial charge in [0, 0.05) is 0 Å². The highest BCUT2D eigenvalue weighted by molar-refractivity contribution is 7.80. The van der Waals surface area contributed by atoms with Gasteiger partial charge in [-0.3, -0.25) is 4.98 Å². The van der Waals surface area contributed by atoms with E-state index in [1.54, 1.807) is 19.4 Å². The molecule has 19 heavy (non-hydrogen) atoms. The number of pyridine rings is 1. The van der Waals surface area contributed by atoms with Crippen molar-refractivity contribution in [3.8, 4) is 5.75 Å². The molecule has 5 heteroatoms. The van der Waals surface area contributed by atoms with Crippen molar-refractivity contribution in [2.24, 2.45) is 5.73 Å². The van der Waals surface area contributed by atoms with Crippen LogP contribution in [0.5, 0.6) is 5.75 Å². The molecule has 0 fully saturated rings. The van der Waals surface area contributed by atoms with Crippen LogP contribution in [0, 0.1) is 6.92 Å². The van der Waals surface area contributed by atoms with Crippen LogP contribution in [-0.4, -0.2) is 17.1 Å². The summed E-state index contributed by atoms with van der Waals surface area (Å²) in [7, 11) is 1.64. The monoisotopic (exact) mass is 273 g/mol. The third-order valence-corrected chi connectivity index (χ3v) is 2.86. The summed E-state index contributed by atoms with van der Waals surface area (Å²) >= 11 is 4.87. The fourth-order valence-corrected chi connectivity index (χ4v) is 1.81. The van der Waals surface area contributed by atoms with Crippen LogP contribution in [-0.2, 0) is 0 Å². The van der Waals surface area contributed by atoms with Crippen molar-refractivity contribution in [2.75, 3.05) is 12.4 Å². The van der Waals surface area contributed by atoms with Crippen LogP contribution < -0.4 is 15.8 Å². The average Bonchev–Trinajstić information content (AvgIpc) is 2.39. The van der Waals surface area contributed by atoms with Gasteiger partial charge >= 0.3 is 0 Å². The molecule has 4 nitrogen and oxygen atoms in total. The number of benzene rings is 1. The van der Waals surface area contributed by atoms with Gasteiger partial charge in [0.2, 0.25) is 0 Å². The molecule has 0 saturated heterocycles. The number of thiocarbonyl (C=S) groups is 1. The lowest BCUT2D eigenvalue weighted by Crippen LogP contribution is -2.11. The maximum Gasteiger partial charge on any atom is 0.142 e. The number of hydrogen-bond donors (Lipinski definition) is 2. The molecule has 0 atom stereocenters. The first-order valence-electron chi connectivity index (χ1n) is 5.77. The molecule has 0 aliphatic heterocycles. The minimum atomic E-state index is 0.291. The minimum absolute atomic E-state index is 0.291. The summed E-state index contributed by atoms with van der Waals surface area (Å²) in [4.78, 5) is 4.47. The van der Waals surface area contributed by atoms with Gasteiger partial charge in [-0.15, -0.1) is 0 Å². The Kier molecular flexibility index (Phi) is 3.97. The number of anilines is 2. The zero-order valence-electron chi connectivity index (χ0n) is 10.8. The Labute approximate surface area is 117 Å². The second-order valence-electron chi connectivity index (χ2n) is 4.13. The number of aryl methyl sites for hydroxylation is 1. The number of hydrogen-bond acceptors (Lipinski definition) is 4. The second-order valence-corrected chi connectivity index (χ2v) is 4.56. The molecule has 2 rings (SSSR count). The number of methoxy groups -OCH3 is 1. The number of nitrogens with zero attached hydrogens (tertiary/aromatic N) is 1. The number of nitrogens with two attached hydrogens (primary N) is 1. The first-order chi connectivity index (χ1) is 9.10. The van der Waals surface area contributed by atoms with Crippen molar-refractivity contribution in [2.45, 2.75) is 6.92 Å². The first-order valence-corrected chi connectivity index (χ1v) is 6.18. The molecule has 0 aliphatic rings. The van der Waals surface area contributed by atoms with Crippen molar-refractivity contribution >= 4 is 28.6 Å². The van der Waals surface area contributed by atoms with Crippen LogP contribution >= 0.6 is 12.2 Å². The predicted molar refractivity (Wildman–Crippen MR) is 81.1 cm³/mol. The van der Waals surface area contributed by atoms with E-state index in [2.05, 4.69) is 10.3 Å². The zero-order chi connectivity index (χ0) is 13.8. The summed E-state index contributed by atoms with van der Waals surface area (Å²) < 4.78 is 5.31. The maximum atomic E-state index is 5.51. The molecule has 3 N–H and O–H groups in total. The molecule has 98 valence electrons. The van der Waals surface area contributed by atoms with Crippen LogP contribution in [0.15, 0.2) is 36.5 Å². The van der Waals surface area contributed by atoms with Gasteiger partial charge < -0.3 is 15.8 Å². The smallest absolute Gasteiger partial charge is 0.142 e. The average molecular weight is 273 g/mol. The Morgan fingerprint density at radius 1 is 1.32 bits per heavy atom. The van der Waals surface area contributed by atoms with E-state index in [1.165, 1.54) is 0 Å². The molecular formula is C14H15N3OS. The number of rotatable bonds is 4. The highest BCUT2D eigenvalue weighted by Gasteiger charge is 2.04. The Morgan fingerprint density at radius 3 is 2.68 bits per heavy atom. The van der Waals surface area contributed by atoms with E-state index in [1.807, 2.05) is 31.2 Å². The normalized spacial score (nSPS) is 10.0. The third kappa shape index (κ3) is 3.20. The zero-order valence-corrected chi connectivity index (χ0v) is 11.6. The lowest BCUT2D eigenvalue weighted by Gasteiger charge is -2.12. The van der Waals surface area contributed by atoms with Crippen molar-refractivity contribution in [3.05, 3.63) is 47.8 Å². The minimum Gasteiger partial charge on any atom is -0.495 e. The molecule has 0 radical (unpaired) electrons. The van der Waals surface area contributed by atoms with Crippen molar-refractivity contribution in [1.29, 1.82) is 0 Å². The van der Waals surface area contributed by atoms with Crippen LogP contribution in [0.2, 0.25) is 0 Å². The molecule has 0 amide bonds. The first kappa shape index (κ1) is 13.3. The van der Waals surface area contributed by atoms with Crippen molar-refractivity contribution in [1.82, 2.24) is 4.98 Å². The lowest BCUT2D eigenvalue weighted by atomic mass is 10.2. The Morgan fingerprint density at radius 2 is 2.11 bits per heavy atom. The van der Waals surface area contributed by atoms with E-state index in [0.717, 1.165) is 22.7 Å². The largest absolute Gasteiger partial charge is 0.495 e. The van der Waals surface area contributed by atoms with Gasteiger partial charge in [0.05, 0.1) is 30.4 Å². The van der Waals surface area contributed by atoms with Crippen LogP contribution in [0.3, 0.4) is 0 Å². The quantitative estimate of drug-likeness (QED) is 0.839. The van der Waals surface area contributed by atoms with E-state index in [0.29, 0.717) is 10.7 Å². The van der Waals surface area contributed by atoms with Crippen molar-refractivity contribution < 1.29 is 4.74 Å². The molecule has 2 aromatic rings. The van der Waals surface area contributed by atoms with E-state index < -0.39 is 0 Å². The molecule has 1 aromatic heterocycles. The number of ether oxygens (including phenoxy) is 1. The van der Waals surface area contributed by atoms with Crippen LogP contribution in [0.4, 0.5) is 11.4 Å². The molecule has 0 spiro atoms. The summed E-state index contributed by atoms with van der Waals surface area (Å²) in [5.74, 6) is 0.782.